The maximum Gasteiger partial charge on any atom is 0.261 e. The number of halogens is 1. The smallest absolute Gasteiger partial charge is 0.261 e. The van der Waals surface area contributed by atoms with E-state index in [9.17, 15) is 9.59 Å². The monoisotopic (exact) mass is 558 g/mol. The van der Waals surface area contributed by atoms with E-state index in [2.05, 4.69) is 32.2 Å². The van der Waals surface area contributed by atoms with E-state index in [4.69, 9.17) is 21.4 Å². The minimum Gasteiger partial charge on any atom is -0.484 e. The molecule has 0 unspecified atom stereocenters. The number of amides is 2. The topological polar surface area (TPSA) is 76.5 Å². The molecule has 3 aromatic carbocycles. The second kappa shape index (κ2) is 12.4. The fourth-order valence-corrected chi connectivity index (χ4v) is 4.35. The number of rotatable bonds is 9. The molecule has 0 aliphatic carbocycles. The molecule has 7 nitrogen and oxygen atoms in total. The van der Waals surface area contributed by atoms with Crippen molar-refractivity contribution in [2.75, 3.05) is 18.5 Å². The minimum absolute atomic E-state index is 0.152. The lowest BCUT2D eigenvalue weighted by atomic mass is 9.92. The van der Waals surface area contributed by atoms with Gasteiger partial charge in [0.05, 0.1) is 11.4 Å². The lowest BCUT2D eigenvalue weighted by Crippen LogP contribution is -2.40. The van der Waals surface area contributed by atoms with Crippen molar-refractivity contribution in [3.8, 4) is 11.4 Å². The van der Waals surface area contributed by atoms with E-state index in [1.807, 2.05) is 62.4 Å². The predicted octanol–water partition coefficient (Wildman–Crippen LogP) is 6.49. The largest absolute Gasteiger partial charge is 0.484 e. The number of ether oxygens (including phenoxy) is 1. The molecule has 0 bridgehead atoms. The Morgan fingerprint density at radius 1 is 0.975 bits per heavy atom. The Labute approximate surface area is 240 Å². The third kappa shape index (κ3) is 7.51. The number of carbonyl (C=O) groups is 2. The van der Waals surface area contributed by atoms with Crippen LogP contribution < -0.4 is 10.1 Å². The number of nitrogens with one attached hydrogen (secondary N) is 1. The highest BCUT2D eigenvalue weighted by Crippen LogP contribution is 2.28. The van der Waals surface area contributed by atoms with Crippen LogP contribution in [0.5, 0.6) is 5.75 Å². The van der Waals surface area contributed by atoms with Crippen molar-refractivity contribution in [3.05, 3.63) is 106 Å². The Morgan fingerprint density at radius 3 is 2.33 bits per heavy atom. The number of aromatic nitrogens is 2. The van der Waals surface area contributed by atoms with Gasteiger partial charge in [0.1, 0.15) is 18.1 Å². The molecule has 1 aromatic heterocycles. The van der Waals surface area contributed by atoms with Crippen molar-refractivity contribution >= 4 is 29.2 Å². The molecule has 1 heterocycles. The van der Waals surface area contributed by atoms with E-state index < -0.39 is 0 Å². The van der Waals surface area contributed by atoms with Gasteiger partial charge in [0, 0.05) is 23.0 Å². The van der Waals surface area contributed by atoms with Gasteiger partial charge in [-0.25, -0.2) is 4.68 Å². The molecule has 208 valence electrons. The Morgan fingerprint density at radius 2 is 1.68 bits per heavy atom. The summed E-state index contributed by atoms with van der Waals surface area (Å²) in [6, 6.07) is 24.3. The van der Waals surface area contributed by atoms with Crippen molar-refractivity contribution in [2.45, 2.75) is 46.6 Å². The van der Waals surface area contributed by atoms with Crippen LogP contribution in [0.3, 0.4) is 0 Å². The van der Waals surface area contributed by atoms with Crippen LogP contribution in [-0.2, 0) is 21.5 Å². The number of hydrogen-bond acceptors (Lipinski definition) is 4. The first-order chi connectivity index (χ1) is 19.0. The first kappa shape index (κ1) is 28.9. The van der Waals surface area contributed by atoms with Gasteiger partial charge in [-0.3, -0.25) is 9.59 Å². The van der Waals surface area contributed by atoms with Crippen LogP contribution in [0.1, 0.15) is 43.2 Å². The fourth-order valence-electron chi connectivity index (χ4n) is 4.22. The third-order valence-electron chi connectivity index (χ3n) is 6.41. The number of benzene rings is 3. The van der Waals surface area contributed by atoms with Gasteiger partial charge >= 0.3 is 0 Å². The first-order valence-corrected chi connectivity index (χ1v) is 13.6. The summed E-state index contributed by atoms with van der Waals surface area (Å²) in [5, 5.41) is 8.42. The quantitative estimate of drug-likeness (QED) is 0.255. The molecular formula is C32H35ClN4O3. The zero-order valence-corrected chi connectivity index (χ0v) is 24.3. The molecule has 0 saturated carbocycles. The molecular weight excluding hydrogens is 524 g/mol. The Kier molecular flexibility index (Phi) is 8.95. The summed E-state index contributed by atoms with van der Waals surface area (Å²) < 4.78 is 7.45. The minimum atomic E-state index is -0.331. The van der Waals surface area contributed by atoms with Gasteiger partial charge in [0.2, 0.25) is 5.91 Å². The summed E-state index contributed by atoms with van der Waals surface area (Å²) >= 11 is 5.95. The molecule has 2 amide bonds. The SMILES string of the molecule is Cc1ccc(-n2nc(C(C)(C)C)cc2NC(=O)CN(Cc2ccccc2)C(=O)COc2ccc(Cl)cc2)c(C)c1. The van der Waals surface area contributed by atoms with Gasteiger partial charge < -0.3 is 15.0 Å². The van der Waals surface area contributed by atoms with Gasteiger partial charge in [0.25, 0.3) is 5.91 Å². The van der Waals surface area contributed by atoms with Crippen LogP contribution in [-0.4, -0.2) is 39.6 Å². The van der Waals surface area contributed by atoms with Crippen LogP contribution in [0.15, 0.2) is 78.9 Å². The average molecular weight is 559 g/mol. The summed E-state index contributed by atoms with van der Waals surface area (Å²) in [5.74, 6) is 0.426. The van der Waals surface area contributed by atoms with Gasteiger partial charge in [-0.15, -0.1) is 0 Å². The lowest BCUT2D eigenvalue weighted by Gasteiger charge is -2.23. The number of carbonyl (C=O) groups excluding carboxylic acids is 2. The molecule has 8 heteroatoms. The molecule has 4 rings (SSSR count). The molecule has 0 radical (unpaired) electrons. The second-order valence-corrected chi connectivity index (χ2v) is 11.3. The van der Waals surface area contributed by atoms with E-state index in [1.165, 1.54) is 4.90 Å². The van der Waals surface area contributed by atoms with Crippen molar-refractivity contribution in [1.82, 2.24) is 14.7 Å². The molecule has 0 saturated heterocycles. The summed E-state index contributed by atoms with van der Waals surface area (Å²) in [7, 11) is 0. The Balaban J connectivity index is 1.56. The van der Waals surface area contributed by atoms with Crippen LogP contribution in [0.4, 0.5) is 5.82 Å². The highest BCUT2D eigenvalue weighted by molar-refractivity contribution is 6.30. The highest BCUT2D eigenvalue weighted by atomic mass is 35.5. The number of nitrogens with zero attached hydrogens (tertiary/aromatic N) is 3. The Hall–Kier alpha value is -4.10. The predicted molar refractivity (Wildman–Crippen MR) is 159 cm³/mol. The second-order valence-electron chi connectivity index (χ2n) is 10.9. The zero-order chi connectivity index (χ0) is 28.9. The summed E-state index contributed by atoms with van der Waals surface area (Å²) in [6.07, 6.45) is 0. The van der Waals surface area contributed by atoms with Gasteiger partial charge in [-0.1, -0.05) is 80.4 Å². The van der Waals surface area contributed by atoms with E-state index in [1.54, 1.807) is 28.9 Å². The van der Waals surface area contributed by atoms with Crippen molar-refractivity contribution in [2.24, 2.45) is 0 Å². The number of hydrogen-bond donors (Lipinski definition) is 1. The van der Waals surface area contributed by atoms with E-state index in [-0.39, 0.29) is 36.9 Å². The van der Waals surface area contributed by atoms with Crippen LogP contribution >= 0.6 is 11.6 Å². The fraction of sp³-hybridized carbons (Fsp3) is 0.281. The average Bonchev–Trinajstić information content (AvgIpc) is 3.32. The van der Waals surface area contributed by atoms with Crippen LogP contribution in [0, 0.1) is 13.8 Å². The molecule has 0 spiro atoms. The Bertz CT molecular complexity index is 1470. The summed E-state index contributed by atoms with van der Waals surface area (Å²) in [4.78, 5) is 28.2. The molecule has 4 aromatic rings. The van der Waals surface area contributed by atoms with E-state index in [0.29, 0.717) is 16.6 Å². The van der Waals surface area contributed by atoms with Crippen molar-refractivity contribution in [3.63, 3.8) is 0 Å². The number of aryl methyl sites for hydroxylation is 2. The zero-order valence-electron chi connectivity index (χ0n) is 23.6. The molecule has 40 heavy (non-hydrogen) atoms. The third-order valence-corrected chi connectivity index (χ3v) is 6.66. The summed E-state index contributed by atoms with van der Waals surface area (Å²) in [5.41, 5.74) is 4.59. The van der Waals surface area contributed by atoms with Gasteiger partial charge in [0.15, 0.2) is 6.61 Å². The molecule has 0 fully saturated rings. The van der Waals surface area contributed by atoms with Gasteiger partial charge in [-0.05, 0) is 55.3 Å². The van der Waals surface area contributed by atoms with Crippen LogP contribution in [0.2, 0.25) is 5.02 Å². The van der Waals surface area contributed by atoms with E-state index in [0.717, 1.165) is 28.1 Å². The van der Waals surface area contributed by atoms with Crippen molar-refractivity contribution < 1.29 is 14.3 Å². The summed E-state index contributed by atoms with van der Waals surface area (Å²) in [6.45, 7) is 10.2. The van der Waals surface area contributed by atoms with E-state index >= 15 is 0 Å². The number of anilines is 1. The normalized spacial score (nSPS) is 11.2. The molecule has 1 N–H and O–H groups in total. The first-order valence-electron chi connectivity index (χ1n) is 13.2. The molecule has 0 atom stereocenters. The molecule has 0 aliphatic rings. The standard InChI is InChI=1S/C32H35ClN4O3/c1-22-11-16-27(23(2)17-22)37-29(18-28(35-37)32(3,4)5)34-30(38)20-36(19-24-9-7-6-8-10-24)31(39)21-40-26-14-12-25(33)13-15-26/h6-18H,19-21H2,1-5H3,(H,34,38). The molecule has 0 aliphatic heterocycles. The highest BCUT2D eigenvalue weighted by Gasteiger charge is 2.24. The maximum atomic E-state index is 13.4. The van der Waals surface area contributed by atoms with Gasteiger partial charge in [-0.2, -0.15) is 5.10 Å². The lowest BCUT2D eigenvalue weighted by molar-refractivity contribution is -0.137. The van der Waals surface area contributed by atoms with Crippen LogP contribution in [0.25, 0.3) is 5.69 Å². The van der Waals surface area contributed by atoms with Crippen molar-refractivity contribution in [1.29, 1.82) is 0 Å². The maximum absolute atomic E-state index is 13.4.